The second-order valence-electron chi connectivity index (χ2n) is 7.03. The van der Waals surface area contributed by atoms with Gasteiger partial charge in [0.2, 0.25) is 5.91 Å². The highest BCUT2D eigenvalue weighted by Gasteiger charge is 2.40. The van der Waals surface area contributed by atoms with Gasteiger partial charge in [-0.05, 0) is 30.5 Å². The maximum absolute atomic E-state index is 12.9. The van der Waals surface area contributed by atoms with Gasteiger partial charge in [-0.2, -0.15) is 0 Å². The number of aromatic nitrogens is 1. The molecule has 2 aliphatic heterocycles. The number of benzene rings is 2. The molecule has 134 valence electrons. The summed E-state index contributed by atoms with van der Waals surface area (Å²) in [5, 5.41) is 3.86. The summed E-state index contributed by atoms with van der Waals surface area (Å²) in [6, 6.07) is 17.7. The van der Waals surface area contributed by atoms with Gasteiger partial charge in [0.1, 0.15) is 11.7 Å². The number of H-pyrrole nitrogens is 1. The molecule has 2 saturated heterocycles. The standard InChI is InChI=1S/C22H19N3O2/c26-21-19-11-6-12-25(19)22(27)18(24-21)13-16-15-9-4-5-10-17(15)23-20(16)14-7-2-1-3-8-14/h1-5,7-10,13,19,23H,6,11-12H2,(H,24,26)/b18-13-/t19-/m0/s1. The van der Waals surface area contributed by atoms with Gasteiger partial charge in [-0.15, -0.1) is 0 Å². The first kappa shape index (κ1) is 15.9. The minimum absolute atomic E-state index is 0.0838. The zero-order chi connectivity index (χ0) is 18.4. The molecule has 0 unspecified atom stereocenters. The number of carbonyl (C=O) groups excluding carboxylic acids is 2. The van der Waals surface area contributed by atoms with Crippen molar-refractivity contribution in [2.45, 2.75) is 18.9 Å². The van der Waals surface area contributed by atoms with E-state index < -0.39 is 0 Å². The van der Waals surface area contributed by atoms with E-state index in [1.54, 1.807) is 4.90 Å². The Balaban J connectivity index is 1.67. The highest BCUT2D eigenvalue weighted by atomic mass is 16.2. The molecule has 1 aromatic heterocycles. The number of nitrogens with zero attached hydrogens (tertiary/aromatic N) is 1. The van der Waals surface area contributed by atoms with Gasteiger partial charge in [0.05, 0.1) is 5.69 Å². The number of piperazine rings is 1. The number of aromatic amines is 1. The smallest absolute Gasteiger partial charge is 0.271 e. The van der Waals surface area contributed by atoms with Crippen molar-refractivity contribution in [2.24, 2.45) is 0 Å². The predicted molar refractivity (Wildman–Crippen MR) is 105 cm³/mol. The zero-order valence-electron chi connectivity index (χ0n) is 14.7. The summed E-state index contributed by atoms with van der Waals surface area (Å²) in [5.41, 5.74) is 4.24. The Kier molecular flexibility index (Phi) is 3.60. The highest BCUT2D eigenvalue weighted by Crippen LogP contribution is 2.33. The van der Waals surface area contributed by atoms with E-state index in [2.05, 4.69) is 10.3 Å². The molecule has 3 heterocycles. The lowest BCUT2D eigenvalue weighted by Gasteiger charge is -2.30. The summed E-state index contributed by atoms with van der Waals surface area (Å²) < 4.78 is 0. The van der Waals surface area contributed by atoms with Crippen molar-refractivity contribution in [2.75, 3.05) is 6.54 Å². The first-order valence-electron chi connectivity index (χ1n) is 9.22. The van der Waals surface area contributed by atoms with Gasteiger partial charge < -0.3 is 15.2 Å². The van der Waals surface area contributed by atoms with Crippen LogP contribution in [0.15, 0.2) is 60.3 Å². The number of nitrogens with one attached hydrogen (secondary N) is 2. The van der Waals surface area contributed by atoms with Crippen molar-refractivity contribution >= 4 is 28.8 Å². The first-order valence-corrected chi connectivity index (χ1v) is 9.22. The van der Waals surface area contributed by atoms with Crippen LogP contribution in [-0.4, -0.2) is 34.3 Å². The number of rotatable bonds is 2. The summed E-state index contributed by atoms with van der Waals surface area (Å²) in [6.45, 7) is 0.647. The second-order valence-corrected chi connectivity index (χ2v) is 7.03. The number of para-hydroxylation sites is 1. The normalized spacial score (nSPS) is 21.0. The Morgan fingerprint density at radius 2 is 1.78 bits per heavy atom. The van der Waals surface area contributed by atoms with Crippen LogP contribution in [0.4, 0.5) is 0 Å². The molecule has 2 aromatic carbocycles. The Labute approximate surface area is 156 Å². The van der Waals surface area contributed by atoms with Crippen molar-refractivity contribution in [1.82, 2.24) is 15.2 Å². The minimum Gasteiger partial charge on any atom is -0.354 e. The minimum atomic E-state index is -0.314. The molecule has 0 saturated carbocycles. The van der Waals surface area contributed by atoms with Crippen LogP contribution in [0.1, 0.15) is 18.4 Å². The zero-order valence-corrected chi connectivity index (χ0v) is 14.7. The number of hydrogen-bond acceptors (Lipinski definition) is 2. The van der Waals surface area contributed by atoms with Gasteiger partial charge in [-0.1, -0.05) is 48.5 Å². The third-order valence-electron chi connectivity index (χ3n) is 5.40. The fraction of sp³-hybridized carbons (Fsp3) is 0.182. The Bertz CT molecular complexity index is 1080. The Morgan fingerprint density at radius 3 is 2.63 bits per heavy atom. The van der Waals surface area contributed by atoms with Gasteiger partial charge in [-0.3, -0.25) is 9.59 Å². The molecule has 2 aliphatic rings. The van der Waals surface area contributed by atoms with Crippen LogP contribution in [0.5, 0.6) is 0 Å². The maximum atomic E-state index is 12.9. The third-order valence-corrected chi connectivity index (χ3v) is 5.40. The average Bonchev–Trinajstić information content (AvgIpc) is 3.33. The summed E-state index contributed by atoms with van der Waals surface area (Å²) in [7, 11) is 0. The van der Waals surface area contributed by atoms with E-state index >= 15 is 0 Å². The molecular weight excluding hydrogens is 338 g/mol. The van der Waals surface area contributed by atoms with E-state index in [1.165, 1.54) is 0 Å². The second kappa shape index (κ2) is 6.13. The van der Waals surface area contributed by atoms with E-state index in [9.17, 15) is 9.59 Å². The van der Waals surface area contributed by atoms with Crippen LogP contribution in [-0.2, 0) is 9.59 Å². The molecule has 5 heteroatoms. The van der Waals surface area contributed by atoms with E-state index in [0.29, 0.717) is 12.2 Å². The number of hydrogen-bond donors (Lipinski definition) is 2. The van der Waals surface area contributed by atoms with Gasteiger partial charge >= 0.3 is 0 Å². The van der Waals surface area contributed by atoms with Crippen molar-refractivity contribution in [3.63, 3.8) is 0 Å². The molecule has 0 spiro atoms. The molecular formula is C22H19N3O2. The van der Waals surface area contributed by atoms with E-state index in [0.717, 1.165) is 40.6 Å². The number of fused-ring (bicyclic) bond motifs is 2. The monoisotopic (exact) mass is 357 g/mol. The van der Waals surface area contributed by atoms with Crippen LogP contribution in [0.2, 0.25) is 0 Å². The molecule has 2 N–H and O–H groups in total. The molecule has 2 amide bonds. The lowest BCUT2D eigenvalue weighted by molar-refractivity contribution is -0.140. The van der Waals surface area contributed by atoms with Crippen molar-refractivity contribution in [3.05, 3.63) is 65.9 Å². The third kappa shape index (κ3) is 2.54. The molecule has 27 heavy (non-hydrogen) atoms. The van der Waals surface area contributed by atoms with Crippen LogP contribution in [0, 0.1) is 0 Å². The lowest BCUT2D eigenvalue weighted by atomic mass is 10.0. The molecule has 0 aliphatic carbocycles. The van der Waals surface area contributed by atoms with Gasteiger partial charge in [0.25, 0.3) is 5.91 Å². The summed E-state index contributed by atoms with van der Waals surface area (Å²) >= 11 is 0. The van der Waals surface area contributed by atoms with E-state index in [-0.39, 0.29) is 17.9 Å². The summed E-state index contributed by atoms with van der Waals surface area (Å²) in [6.07, 6.45) is 3.43. The van der Waals surface area contributed by atoms with Crippen LogP contribution in [0.25, 0.3) is 28.2 Å². The van der Waals surface area contributed by atoms with E-state index in [1.807, 2.05) is 60.7 Å². The van der Waals surface area contributed by atoms with Crippen molar-refractivity contribution in [1.29, 1.82) is 0 Å². The van der Waals surface area contributed by atoms with Crippen molar-refractivity contribution < 1.29 is 9.59 Å². The number of carbonyl (C=O) groups is 2. The molecule has 5 nitrogen and oxygen atoms in total. The molecule has 0 bridgehead atoms. The molecule has 1 atom stereocenters. The Morgan fingerprint density at radius 1 is 1.00 bits per heavy atom. The average molecular weight is 357 g/mol. The predicted octanol–water partition coefficient (Wildman–Crippen LogP) is 3.30. The SMILES string of the molecule is O=C1N/C(=C\c2c(-c3ccccc3)[nH]c3ccccc23)C(=O)N2CCC[C@@H]12. The molecule has 0 radical (unpaired) electrons. The van der Waals surface area contributed by atoms with Crippen molar-refractivity contribution in [3.8, 4) is 11.3 Å². The van der Waals surface area contributed by atoms with Crippen LogP contribution >= 0.6 is 0 Å². The fourth-order valence-corrected chi connectivity index (χ4v) is 4.09. The van der Waals surface area contributed by atoms with Crippen LogP contribution < -0.4 is 5.32 Å². The topological polar surface area (TPSA) is 65.2 Å². The molecule has 5 rings (SSSR count). The fourth-order valence-electron chi connectivity index (χ4n) is 4.09. The maximum Gasteiger partial charge on any atom is 0.271 e. The largest absolute Gasteiger partial charge is 0.354 e. The number of amides is 2. The summed E-state index contributed by atoms with van der Waals surface area (Å²) in [4.78, 5) is 30.5. The van der Waals surface area contributed by atoms with Crippen LogP contribution in [0.3, 0.4) is 0 Å². The molecule has 3 aromatic rings. The van der Waals surface area contributed by atoms with Gasteiger partial charge in [0, 0.05) is 23.0 Å². The first-order chi connectivity index (χ1) is 13.2. The summed E-state index contributed by atoms with van der Waals surface area (Å²) in [5.74, 6) is -0.180. The van der Waals surface area contributed by atoms with E-state index in [4.69, 9.17) is 0 Å². The lowest BCUT2D eigenvalue weighted by Crippen LogP contribution is -2.53. The van der Waals surface area contributed by atoms with Gasteiger partial charge in [0.15, 0.2) is 0 Å². The highest BCUT2D eigenvalue weighted by molar-refractivity contribution is 6.09. The Hall–Kier alpha value is -3.34. The van der Waals surface area contributed by atoms with Gasteiger partial charge in [-0.25, -0.2) is 0 Å². The molecule has 2 fully saturated rings. The quantitative estimate of drug-likeness (QED) is 0.691.